The van der Waals surface area contributed by atoms with E-state index in [0.29, 0.717) is 0 Å². The molecule has 0 bridgehead atoms. The fraction of sp³-hybridized carbons (Fsp3) is 0.333. The van der Waals surface area contributed by atoms with Crippen molar-refractivity contribution in [2.45, 2.75) is 33.0 Å². The van der Waals surface area contributed by atoms with Crippen molar-refractivity contribution in [3.05, 3.63) is 92.6 Å². The van der Waals surface area contributed by atoms with Crippen LogP contribution in [0.15, 0.2) is 46.8 Å². The summed E-state index contributed by atoms with van der Waals surface area (Å²) in [6, 6.07) is 6.30. The maximum absolute atomic E-state index is 15.1. The van der Waals surface area contributed by atoms with Crippen LogP contribution in [0.3, 0.4) is 0 Å². The number of nitrogens with zero attached hydrogens (tertiary/aromatic N) is 1. The van der Waals surface area contributed by atoms with E-state index >= 15 is 8.78 Å². The van der Waals surface area contributed by atoms with Crippen LogP contribution in [-0.2, 0) is 28.5 Å². The molecule has 2 atom stereocenters. The summed E-state index contributed by atoms with van der Waals surface area (Å²) in [5.41, 5.74) is -2.62. The molecular formula is C30H27F5N2O8. The lowest BCUT2D eigenvalue weighted by Gasteiger charge is -2.32. The Morgan fingerprint density at radius 1 is 0.889 bits per heavy atom. The number of nitrogens with one attached hydrogen (secondary N) is 1. The van der Waals surface area contributed by atoms with Gasteiger partial charge in [-0.1, -0.05) is 12.1 Å². The Labute approximate surface area is 253 Å². The average Bonchev–Trinajstić information content (AvgIpc) is 3.26. The number of carbonyl (C=O) groups is 4. The van der Waals surface area contributed by atoms with Crippen molar-refractivity contribution in [3.63, 3.8) is 0 Å². The van der Waals surface area contributed by atoms with Gasteiger partial charge >= 0.3 is 11.9 Å². The first-order valence-electron chi connectivity index (χ1n) is 13.5. The number of rotatable bonds is 11. The van der Waals surface area contributed by atoms with Gasteiger partial charge in [0.25, 0.3) is 11.8 Å². The Morgan fingerprint density at radius 3 is 1.98 bits per heavy atom. The molecule has 2 unspecified atom stereocenters. The lowest BCUT2D eigenvalue weighted by atomic mass is 9.79. The molecule has 2 aliphatic heterocycles. The van der Waals surface area contributed by atoms with Gasteiger partial charge in [-0.2, -0.15) is 0 Å². The number of amides is 2. The van der Waals surface area contributed by atoms with Crippen molar-refractivity contribution in [1.29, 1.82) is 0 Å². The molecule has 2 aromatic carbocycles. The zero-order valence-electron chi connectivity index (χ0n) is 24.4. The molecule has 0 saturated carbocycles. The summed E-state index contributed by atoms with van der Waals surface area (Å²) < 4.78 is 93.7. The number of allylic oxidation sites excluding steroid dienone is 1. The maximum atomic E-state index is 15.1. The number of hydrogen-bond donors (Lipinski definition) is 1. The van der Waals surface area contributed by atoms with E-state index in [1.54, 1.807) is 12.1 Å². The Kier molecular flexibility index (Phi) is 10.0. The van der Waals surface area contributed by atoms with E-state index in [1.807, 2.05) is 0 Å². The summed E-state index contributed by atoms with van der Waals surface area (Å²) in [7, 11) is 0.922. The molecule has 4 rings (SSSR count). The summed E-state index contributed by atoms with van der Waals surface area (Å²) in [5.74, 6) is -17.1. The second-order valence-corrected chi connectivity index (χ2v) is 9.74. The second-order valence-electron chi connectivity index (χ2n) is 9.74. The standard InChI is InChI=1S/C30H27F5N2O8/c1-5-43-30(41)19-17(12-45-14(3)44-11-10-37-27(38)15-8-6-7-9-16(15)28(37)39)36-13(2)18(29(40)42-4)20(19)21-22(31)24(33)26(35)25(34)23(21)32/h6-9,14,20,36H,5,10-12H2,1-4H3. The molecule has 45 heavy (non-hydrogen) atoms. The molecule has 0 aliphatic carbocycles. The van der Waals surface area contributed by atoms with Gasteiger partial charge in [-0.3, -0.25) is 14.5 Å². The van der Waals surface area contributed by atoms with Gasteiger partial charge in [-0.25, -0.2) is 31.5 Å². The maximum Gasteiger partial charge on any atom is 0.336 e. The SMILES string of the molecule is CCOC(=O)C1=C(COC(C)OCCN2C(=O)c3ccccc3C2=O)NC(C)=C(C(=O)OC)C1c1c(F)c(F)c(F)c(F)c1F. The Balaban J connectivity index is 1.62. The molecule has 0 spiro atoms. The predicted octanol–water partition coefficient (Wildman–Crippen LogP) is 4.01. The minimum atomic E-state index is -2.43. The quantitative estimate of drug-likeness (QED) is 0.0973. The smallest absolute Gasteiger partial charge is 0.336 e. The van der Waals surface area contributed by atoms with E-state index in [2.05, 4.69) is 5.32 Å². The van der Waals surface area contributed by atoms with Crippen molar-refractivity contribution < 1.29 is 60.1 Å². The van der Waals surface area contributed by atoms with Crippen LogP contribution in [0.4, 0.5) is 22.0 Å². The van der Waals surface area contributed by atoms with E-state index < -0.39 is 88.4 Å². The Morgan fingerprint density at radius 2 is 1.44 bits per heavy atom. The highest BCUT2D eigenvalue weighted by Gasteiger charge is 2.44. The van der Waals surface area contributed by atoms with Crippen LogP contribution in [0.1, 0.15) is 53.0 Å². The van der Waals surface area contributed by atoms with Gasteiger partial charge in [-0.05, 0) is 32.9 Å². The Bertz CT molecular complexity index is 1580. The first kappa shape index (κ1) is 33.3. The summed E-state index contributed by atoms with van der Waals surface area (Å²) in [6.07, 6.45) is -1.07. The van der Waals surface area contributed by atoms with Crippen LogP contribution in [0.2, 0.25) is 0 Å². The van der Waals surface area contributed by atoms with Crippen LogP contribution in [0, 0.1) is 29.1 Å². The van der Waals surface area contributed by atoms with E-state index in [4.69, 9.17) is 18.9 Å². The van der Waals surface area contributed by atoms with Crippen LogP contribution in [0.25, 0.3) is 0 Å². The molecule has 240 valence electrons. The summed E-state index contributed by atoms with van der Waals surface area (Å²) in [6.45, 7) is 2.98. The fourth-order valence-corrected chi connectivity index (χ4v) is 5.01. The first-order chi connectivity index (χ1) is 21.3. The van der Waals surface area contributed by atoms with E-state index in [1.165, 1.54) is 32.9 Å². The molecule has 10 nitrogen and oxygen atoms in total. The van der Waals surface area contributed by atoms with Crippen molar-refractivity contribution in [2.24, 2.45) is 0 Å². The molecule has 2 aromatic rings. The van der Waals surface area contributed by atoms with Gasteiger partial charge in [0.15, 0.2) is 29.6 Å². The largest absolute Gasteiger partial charge is 0.466 e. The molecule has 0 fully saturated rings. The van der Waals surface area contributed by atoms with Crippen LogP contribution in [0.5, 0.6) is 0 Å². The van der Waals surface area contributed by atoms with E-state index in [0.717, 1.165) is 12.0 Å². The van der Waals surface area contributed by atoms with Gasteiger partial charge in [-0.15, -0.1) is 0 Å². The minimum absolute atomic E-state index is 0.123. The molecule has 0 radical (unpaired) electrons. The lowest BCUT2D eigenvalue weighted by Crippen LogP contribution is -2.36. The number of halogens is 5. The van der Waals surface area contributed by atoms with Crippen molar-refractivity contribution in [2.75, 3.05) is 33.5 Å². The summed E-state index contributed by atoms with van der Waals surface area (Å²) in [5, 5.41) is 2.70. The summed E-state index contributed by atoms with van der Waals surface area (Å²) in [4.78, 5) is 52.0. The number of benzene rings is 2. The minimum Gasteiger partial charge on any atom is -0.466 e. The first-order valence-corrected chi connectivity index (χ1v) is 13.5. The normalized spacial score (nSPS) is 17.0. The Hall–Kier alpha value is -4.63. The molecule has 15 heteroatoms. The summed E-state index contributed by atoms with van der Waals surface area (Å²) >= 11 is 0. The highest BCUT2D eigenvalue weighted by atomic mass is 19.2. The molecular weight excluding hydrogens is 611 g/mol. The van der Waals surface area contributed by atoms with Gasteiger partial charge in [0.1, 0.15) is 0 Å². The van der Waals surface area contributed by atoms with Crippen LogP contribution < -0.4 is 5.32 Å². The highest BCUT2D eigenvalue weighted by Crippen LogP contribution is 2.43. The zero-order chi connectivity index (χ0) is 33.2. The molecule has 2 amide bonds. The molecule has 2 heterocycles. The number of methoxy groups -OCH3 is 1. The fourth-order valence-electron chi connectivity index (χ4n) is 5.01. The number of carbonyl (C=O) groups excluding carboxylic acids is 4. The predicted molar refractivity (Wildman–Crippen MR) is 144 cm³/mol. The second kappa shape index (κ2) is 13.6. The topological polar surface area (TPSA) is 120 Å². The average molecular weight is 639 g/mol. The van der Waals surface area contributed by atoms with E-state index in [-0.39, 0.29) is 42.3 Å². The van der Waals surface area contributed by atoms with Crippen LogP contribution in [-0.4, -0.2) is 68.4 Å². The highest BCUT2D eigenvalue weighted by molar-refractivity contribution is 6.21. The van der Waals surface area contributed by atoms with Crippen molar-refractivity contribution >= 4 is 23.8 Å². The molecule has 0 saturated heterocycles. The third-order valence-corrected chi connectivity index (χ3v) is 7.09. The van der Waals surface area contributed by atoms with E-state index in [9.17, 15) is 32.3 Å². The molecule has 2 aliphatic rings. The van der Waals surface area contributed by atoms with Gasteiger partial charge in [0.2, 0.25) is 5.82 Å². The third kappa shape index (κ3) is 6.17. The number of esters is 2. The number of imide groups is 1. The molecule has 0 aromatic heterocycles. The number of dihydropyridines is 1. The van der Waals surface area contributed by atoms with Gasteiger partial charge < -0.3 is 24.3 Å². The van der Waals surface area contributed by atoms with Crippen molar-refractivity contribution in [3.8, 4) is 0 Å². The zero-order valence-corrected chi connectivity index (χ0v) is 24.4. The van der Waals surface area contributed by atoms with Gasteiger partial charge in [0, 0.05) is 11.3 Å². The van der Waals surface area contributed by atoms with Gasteiger partial charge in [0.05, 0.1) is 67.4 Å². The van der Waals surface area contributed by atoms with Crippen LogP contribution >= 0.6 is 0 Å². The monoisotopic (exact) mass is 638 g/mol. The van der Waals surface area contributed by atoms with Crippen molar-refractivity contribution in [1.82, 2.24) is 10.2 Å². The number of ether oxygens (including phenoxy) is 4. The molecule has 1 N–H and O–H groups in total. The number of hydrogen-bond acceptors (Lipinski definition) is 9. The lowest BCUT2D eigenvalue weighted by molar-refractivity contribution is -0.140. The third-order valence-electron chi connectivity index (χ3n) is 7.09. The number of fused-ring (bicyclic) bond motifs is 1.